The Kier molecular flexibility index (Phi) is 4.02. The zero-order chi connectivity index (χ0) is 14.5. The van der Waals surface area contributed by atoms with Crippen molar-refractivity contribution in [1.29, 1.82) is 0 Å². The number of rotatable bonds is 4. The van der Waals surface area contributed by atoms with Crippen molar-refractivity contribution in [3.8, 4) is 16.9 Å². The van der Waals surface area contributed by atoms with Crippen LogP contribution in [-0.4, -0.2) is 0 Å². The number of benzene rings is 3. The zero-order valence-electron chi connectivity index (χ0n) is 12.0. The van der Waals surface area contributed by atoms with Gasteiger partial charge in [-0.1, -0.05) is 66.2 Å². The highest BCUT2D eigenvalue weighted by molar-refractivity contribution is 5.64. The Balaban J connectivity index is 1.73. The summed E-state index contributed by atoms with van der Waals surface area (Å²) in [5, 5.41) is 0. The highest BCUT2D eigenvalue weighted by atomic mass is 16.5. The van der Waals surface area contributed by atoms with E-state index in [1.807, 2.05) is 36.4 Å². The Hall–Kier alpha value is -2.54. The molecule has 1 heteroatoms. The van der Waals surface area contributed by atoms with Crippen LogP contribution in [0.25, 0.3) is 11.1 Å². The van der Waals surface area contributed by atoms with Crippen LogP contribution in [0, 0.1) is 13.0 Å². The second-order valence-corrected chi connectivity index (χ2v) is 5.08. The molecule has 1 nitrogen and oxygen atoms in total. The molecule has 103 valence electrons. The van der Waals surface area contributed by atoms with Crippen molar-refractivity contribution in [2.75, 3.05) is 0 Å². The molecule has 0 aromatic heterocycles. The van der Waals surface area contributed by atoms with Crippen LogP contribution in [0.1, 0.15) is 11.1 Å². The summed E-state index contributed by atoms with van der Waals surface area (Å²) in [5.41, 5.74) is 4.76. The van der Waals surface area contributed by atoms with Gasteiger partial charge in [0.1, 0.15) is 12.4 Å². The molecule has 0 aliphatic rings. The van der Waals surface area contributed by atoms with E-state index in [4.69, 9.17) is 4.74 Å². The molecule has 0 atom stereocenters. The lowest BCUT2D eigenvalue weighted by Crippen LogP contribution is -1.95. The minimum atomic E-state index is 0.565. The van der Waals surface area contributed by atoms with E-state index in [9.17, 15) is 0 Å². The average Bonchev–Trinajstić information content (AvgIpc) is 2.55. The maximum atomic E-state index is 5.84. The summed E-state index contributed by atoms with van der Waals surface area (Å²) < 4.78 is 5.84. The Morgan fingerprint density at radius 2 is 1.62 bits per heavy atom. The molecule has 0 saturated carbocycles. The van der Waals surface area contributed by atoms with Gasteiger partial charge in [-0.3, -0.25) is 0 Å². The summed E-state index contributed by atoms with van der Waals surface area (Å²) >= 11 is 0. The summed E-state index contributed by atoms with van der Waals surface area (Å²) in [7, 11) is 0. The molecular formula is C20H17O. The third-order valence-corrected chi connectivity index (χ3v) is 3.40. The Morgan fingerprint density at radius 3 is 2.38 bits per heavy atom. The second kappa shape index (κ2) is 6.27. The first-order valence-corrected chi connectivity index (χ1v) is 7.07. The van der Waals surface area contributed by atoms with E-state index in [0.717, 1.165) is 11.3 Å². The van der Waals surface area contributed by atoms with Gasteiger partial charge >= 0.3 is 0 Å². The average molecular weight is 273 g/mol. The monoisotopic (exact) mass is 273 g/mol. The lowest BCUT2D eigenvalue weighted by Gasteiger charge is -2.08. The molecule has 0 N–H and O–H groups in total. The van der Waals surface area contributed by atoms with Crippen LogP contribution >= 0.6 is 0 Å². The van der Waals surface area contributed by atoms with Gasteiger partial charge in [0.15, 0.2) is 0 Å². The summed E-state index contributed by atoms with van der Waals surface area (Å²) in [4.78, 5) is 0. The third-order valence-electron chi connectivity index (χ3n) is 3.40. The van der Waals surface area contributed by atoms with Crippen molar-refractivity contribution in [2.24, 2.45) is 0 Å². The van der Waals surface area contributed by atoms with E-state index in [-0.39, 0.29) is 0 Å². The predicted molar refractivity (Wildman–Crippen MR) is 86.2 cm³/mol. The first-order valence-electron chi connectivity index (χ1n) is 7.07. The number of ether oxygens (including phenoxy) is 1. The molecule has 0 bridgehead atoms. The van der Waals surface area contributed by atoms with Gasteiger partial charge in [-0.05, 0) is 35.7 Å². The van der Waals surface area contributed by atoms with Crippen molar-refractivity contribution in [3.05, 3.63) is 90.0 Å². The molecule has 0 heterocycles. The van der Waals surface area contributed by atoms with Gasteiger partial charge in [0, 0.05) is 6.07 Å². The fourth-order valence-corrected chi connectivity index (χ4v) is 2.18. The molecule has 0 unspecified atom stereocenters. The topological polar surface area (TPSA) is 9.23 Å². The third kappa shape index (κ3) is 3.51. The Bertz CT molecular complexity index is 699. The summed E-state index contributed by atoms with van der Waals surface area (Å²) in [6, 6.07) is 27.8. The van der Waals surface area contributed by atoms with Crippen molar-refractivity contribution < 1.29 is 4.74 Å². The zero-order valence-corrected chi connectivity index (χ0v) is 12.0. The number of hydrogen-bond acceptors (Lipinski definition) is 1. The smallest absolute Gasteiger partial charge is 0.128 e. The first-order chi connectivity index (χ1) is 10.3. The molecular weight excluding hydrogens is 256 g/mol. The predicted octanol–water partition coefficient (Wildman–Crippen LogP) is 5.04. The highest BCUT2D eigenvalue weighted by Gasteiger charge is 2.00. The molecule has 0 aliphatic carbocycles. The van der Waals surface area contributed by atoms with Crippen molar-refractivity contribution in [3.63, 3.8) is 0 Å². The maximum Gasteiger partial charge on any atom is 0.128 e. The molecule has 3 aromatic rings. The van der Waals surface area contributed by atoms with Crippen molar-refractivity contribution in [1.82, 2.24) is 0 Å². The van der Waals surface area contributed by atoms with Gasteiger partial charge in [-0.25, -0.2) is 0 Å². The largest absolute Gasteiger partial charge is 0.488 e. The molecule has 0 fully saturated rings. The highest BCUT2D eigenvalue weighted by Crippen LogP contribution is 2.23. The van der Waals surface area contributed by atoms with Gasteiger partial charge in [0.25, 0.3) is 0 Å². The summed E-state index contributed by atoms with van der Waals surface area (Å²) in [6.07, 6.45) is 0. The van der Waals surface area contributed by atoms with E-state index in [0.29, 0.717) is 6.61 Å². The van der Waals surface area contributed by atoms with E-state index < -0.39 is 0 Å². The first kappa shape index (κ1) is 13.4. The molecule has 0 spiro atoms. The lowest BCUT2D eigenvalue weighted by atomic mass is 10.1. The molecule has 3 rings (SSSR count). The van der Waals surface area contributed by atoms with Gasteiger partial charge in [-0.15, -0.1) is 0 Å². The van der Waals surface area contributed by atoms with Crippen molar-refractivity contribution in [2.45, 2.75) is 13.5 Å². The van der Waals surface area contributed by atoms with Crippen LogP contribution < -0.4 is 4.74 Å². The SMILES string of the molecule is Cc1ccc(COc2[c]ccc(-c3ccccc3)c2)cc1. The van der Waals surface area contributed by atoms with E-state index >= 15 is 0 Å². The summed E-state index contributed by atoms with van der Waals surface area (Å²) in [5.74, 6) is 0.775. The normalized spacial score (nSPS) is 10.3. The van der Waals surface area contributed by atoms with Crippen LogP contribution in [0.5, 0.6) is 5.75 Å². The van der Waals surface area contributed by atoms with E-state index in [2.05, 4.69) is 49.4 Å². The lowest BCUT2D eigenvalue weighted by molar-refractivity contribution is 0.305. The molecule has 0 amide bonds. The van der Waals surface area contributed by atoms with Crippen LogP contribution in [0.3, 0.4) is 0 Å². The number of hydrogen-bond donors (Lipinski definition) is 0. The van der Waals surface area contributed by atoms with Gasteiger partial charge in [0.2, 0.25) is 0 Å². The standard InChI is InChI=1S/C20H17O/c1-16-10-12-17(13-11-16)15-21-20-9-5-8-19(14-20)18-6-3-2-4-7-18/h2-8,10-14H,15H2,1H3. The maximum absolute atomic E-state index is 5.84. The minimum absolute atomic E-state index is 0.565. The van der Waals surface area contributed by atoms with Crippen LogP contribution in [0.15, 0.2) is 72.8 Å². The quantitative estimate of drug-likeness (QED) is 0.647. The summed E-state index contributed by atoms with van der Waals surface area (Å²) in [6.45, 7) is 2.65. The fourth-order valence-electron chi connectivity index (χ4n) is 2.18. The van der Waals surface area contributed by atoms with Crippen LogP contribution in [0.4, 0.5) is 0 Å². The van der Waals surface area contributed by atoms with E-state index in [1.165, 1.54) is 16.7 Å². The van der Waals surface area contributed by atoms with Crippen molar-refractivity contribution >= 4 is 0 Å². The fraction of sp³-hybridized carbons (Fsp3) is 0.100. The van der Waals surface area contributed by atoms with E-state index in [1.54, 1.807) is 0 Å². The number of aryl methyl sites for hydroxylation is 1. The van der Waals surface area contributed by atoms with Crippen LogP contribution in [-0.2, 0) is 6.61 Å². The second-order valence-electron chi connectivity index (χ2n) is 5.08. The van der Waals surface area contributed by atoms with Crippen LogP contribution in [0.2, 0.25) is 0 Å². The Morgan fingerprint density at radius 1 is 0.857 bits per heavy atom. The Labute approximate surface area is 125 Å². The minimum Gasteiger partial charge on any atom is -0.488 e. The molecule has 3 aromatic carbocycles. The van der Waals surface area contributed by atoms with Gasteiger partial charge in [0.05, 0.1) is 0 Å². The molecule has 1 radical (unpaired) electrons. The van der Waals surface area contributed by atoms with Gasteiger partial charge < -0.3 is 4.74 Å². The molecule has 0 aliphatic heterocycles. The molecule has 21 heavy (non-hydrogen) atoms. The molecule has 0 saturated heterocycles. The van der Waals surface area contributed by atoms with Gasteiger partial charge in [-0.2, -0.15) is 0 Å².